The van der Waals surface area contributed by atoms with E-state index in [0.29, 0.717) is 11.4 Å². The number of halogens is 3. The first kappa shape index (κ1) is 18.1. The number of methoxy groups -OCH3 is 1. The van der Waals surface area contributed by atoms with Gasteiger partial charge in [-0.3, -0.25) is 4.79 Å². The summed E-state index contributed by atoms with van der Waals surface area (Å²) < 4.78 is 43.9. The Labute approximate surface area is 140 Å². The topological polar surface area (TPSA) is 69.0 Å². The molecule has 1 atom stereocenters. The summed E-state index contributed by atoms with van der Waals surface area (Å²) in [5, 5.41) is 8.65. The van der Waals surface area contributed by atoms with Gasteiger partial charge in [-0.05, 0) is 31.2 Å². The van der Waals surface area contributed by atoms with Crippen LogP contribution in [0.25, 0.3) is 0 Å². The molecule has 0 saturated carbocycles. The molecule has 1 amide bonds. The van der Waals surface area contributed by atoms with Crippen LogP contribution in [0.1, 0.15) is 12.7 Å². The Bertz CT molecular complexity index is 716. The zero-order valence-electron chi connectivity index (χ0n) is 13.1. The summed E-state index contributed by atoms with van der Waals surface area (Å²) in [5.41, 5.74) is 0.558. The van der Waals surface area contributed by atoms with Gasteiger partial charge in [0.2, 0.25) is 11.7 Å². The number of ether oxygens (including phenoxy) is 1. The minimum Gasteiger partial charge on any atom is -0.497 e. The number of nitrogens with one attached hydrogen (secondary N) is 1. The Balaban J connectivity index is 2.02. The van der Waals surface area contributed by atoms with Crippen molar-refractivity contribution in [3.63, 3.8) is 0 Å². The molecule has 0 aliphatic heterocycles. The summed E-state index contributed by atoms with van der Waals surface area (Å²) in [7, 11) is 2.74. The van der Waals surface area contributed by atoms with Crippen molar-refractivity contribution in [2.45, 2.75) is 23.5 Å². The molecule has 10 heteroatoms. The maximum Gasteiger partial charge on any atom is 0.451 e. The fourth-order valence-electron chi connectivity index (χ4n) is 1.79. The second-order valence-electron chi connectivity index (χ2n) is 4.84. The van der Waals surface area contributed by atoms with E-state index in [1.807, 2.05) is 0 Å². The number of rotatable bonds is 5. The number of thioether (sulfide) groups is 1. The van der Waals surface area contributed by atoms with Gasteiger partial charge < -0.3 is 14.6 Å². The van der Waals surface area contributed by atoms with Gasteiger partial charge in [-0.15, -0.1) is 10.2 Å². The molecule has 1 N–H and O–H groups in total. The Morgan fingerprint density at radius 3 is 2.42 bits per heavy atom. The first-order valence-electron chi connectivity index (χ1n) is 6.80. The van der Waals surface area contributed by atoms with Gasteiger partial charge in [0.05, 0.1) is 12.4 Å². The van der Waals surface area contributed by atoms with Gasteiger partial charge in [0.25, 0.3) is 0 Å². The molecule has 0 radical (unpaired) electrons. The van der Waals surface area contributed by atoms with Crippen LogP contribution in [-0.4, -0.2) is 33.0 Å². The summed E-state index contributed by atoms with van der Waals surface area (Å²) >= 11 is 0.895. The summed E-state index contributed by atoms with van der Waals surface area (Å²) in [5.74, 6) is -0.816. The molecule has 0 aliphatic rings. The number of amides is 1. The molecule has 2 rings (SSSR count). The van der Waals surface area contributed by atoms with Gasteiger partial charge in [-0.25, -0.2) is 0 Å². The van der Waals surface area contributed by atoms with Gasteiger partial charge in [0, 0.05) is 12.7 Å². The van der Waals surface area contributed by atoms with Crippen molar-refractivity contribution in [2.24, 2.45) is 7.05 Å². The van der Waals surface area contributed by atoms with Gasteiger partial charge in [0.1, 0.15) is 5.75 Å². The fourth-order valence-corrected chi connectivity index (χ4v) is 2.61. The highest BCUT2D eigenvalue weighted by Crippen LogP contribution is 2.31. The lowest BCUT2D eigenvalue weighted by Crippen LogP contribution is -2.23. The van der Waals surface area contributed by atoms with Gasteiger partial charge >= 0.3 is 6.18 Å². The van der Waals surface area contributed by atoms with Crippen molar-refractivity contribution >= 4 is 23.4 Å². The van der Waals surface area contributed by atoms with E-state index in [0.717, 1.165) is 16.3 Å². The molecule has 0 fully saturated rings. The number of anilines is 1. The second kappa shape index (κ2) is 7.12. The average Bonchev–Trinajstić information content (AvgIpc) is 2.89. The molecule has 2 aromatic rings. The van der Waals surface area contributed by atoms with Crippen molar-refractivity contribution in [1.29, 1.82) is 0 Å². The summed E-state index contributed by atoms with van der Waals surface area (Å²) in [6, 6.07) is 6.70. The zero-order valence-corrected chi connectivity index (χ0v) is 13.9. The number of hydrogen-bond donors (Lipinski definition) is 1. The van der Waals surface area contributed by atoms with E-state index in [2.05, 4.69) is 15.5 Å². The zero-order chi connectivity index (χ0) is 17.9. The smallest absolute Gasteiger partial charge is 0.451 e. The molecular formula is C14H15F3N4O2S. The highest BCUT2D eigenvalue weighted by Gasteiger charge is 2.37. The van der Waals surface area contributed by atoms with Gasteiger partial charge in [-0.2, -0.15) is 13.2 Å². The molecule has 0 unspecified atom stereocenters. The molecule has 6 nitrogen and oxygen atoms in total. The van der Waals surface area contributed by atoms with Crippen molar-refractivity contribution < 1.29 is 22.7 Å². The van der Waals surface area contributed by atoms with Crippen LogP contribution in [0.3, 0.4) is 0 Å². The molecule has 0 aliphatic carbocycles. The number of alkyl halides is 3. The average molecular weight is 360 g/mol. The lowest BCUT2D eigenvalue weighted by molar-refractivity contribution is -0.147. The minimum absolute atomic E-state index is 0.0136. The van der Waals surface area contributed by atoms with Crippen LogP contribution in [0.15, 0.2) is 29.4 Å². The first-order chi connectivity index (χ1) is 11.2. The quantitative estimate of drug-likeness (QED) is 0.831. The summed E-state index contributed by atoms with van der Waals surface area (Å²) in [6.45, 7) is 1.57. The molecule has 1 aromatic heterocycles. The number of aromatic nitrogens is 3. The number of nitrogens with zero attached hydrogens (tertiary/aromatic N) is 3. The number of hydrogen-bond acceptors (Lipinski definition) is 5. The van der Waals surface area contributed by atoms with E-state index in [1.54, 1.807) is 31.2 Å². The Morgan fingerprint density at radius 1 is 1.29 bits per heavy atom. The third kappa shape index (κ3) is 4.19. The Kier molecular flexibility index (Phi) is 5.37. The molecule has 1 aromatic carbocycles. The Hall–Kier alpha value is -2.23. The predicted octanol–water partition coefficient (Wildman–Crippen LogP) is 2.96. The van der Waals surface area contributed by atoms with Gasteiger partial charge in [-0.1, -0.05) is 11.8 Å². The minimum atomic E-state index is -4.59. The molecule has 1 heterocycles. The van der Waals surface area contributed by atoms with E-state index < -0.39 is 17.3 Å². The third-order valence-electron chi connectivity index (χ3n) is 3.10. The fraction of sp³-hybridized carbons (Fsp3) is 0.357. The van der Waals surface area contributed by atoms with Gasteiger partial charge in [0.15, 0.2) is 5.16 Å². The van der Waals surface area contributed by atoms with Crippen molar-refractivity contribution in [3.8, 4) is 5.75 Å². The summed E-state index contributed by atoms with van der Waals surface area (Å²) in [6.07, 6.45) is -4.59. The van der Waals surface area contributed by atoms with E-state index >= 15 is 0 Å². The van der Waals surface area contributed by atoms with E-state index in [1.165, 1.54) is 14.2 Å². The molecule has 130 valence electrons. The van der Waals surface area contributed by atoms with Crippen molar-refractivity contribution in [1.82, 2.24) is 14.8 Å². The molecule has 24 heavy (non-hydrogen) atoms. The summed E-state index contributed by atoms with van der Waals surface area (Å²) in [4.78, 5) is 12.1. The second-order valence-corrected chi connectivity index (χ2v) is 6.15. The lowest BCUT2D eigenvalue weighted by Gasteiger charge is -2.12. The third-order valence-corrected chi connectivity index (χ3v) is 4.23. The van der Waals surface area contributed by atoms with E-state index in [9.17, 15) is 18.0 Å². The number of benzene rings is 1. The van der Waals surface area contributed by atoms with Crippen LogP contribution in [0.2, 0.25) is 0 Å². The van der Waals surface area contributed by atoms with E-state index in [4.69, 9.17) is 4.74 Å². The molecule has 0 saturated heterocycles. The SMILES string of the molecule is COc1ccc(NC(=O)[C@@H](C)Sc2nnc(C(F)(F)F)n2C)cc1. The predicted molar refractivity (Wildman–Crippen MR) is 82.9 cm³/mol. The largest absolute Gasteiger partial charge is 0.497 e. The van der Waals surface area contributed by atoms with Crippen molar-refractivity contribution in [2.75, 3.05) is 12.4 Å². The first-order valence-corrected chi connectivity index (χ1v) is 7.68. The monoisotopic (exact) mass is 360 g/mol. The normalized spacial score (nSPS) is 12.8. The molecule has 0 bridgehead atoms. The highest BCUT2D eigenvalue weighted by molar-refractivity contribution is 8.00. The van der Waals surface area contributed by atoms with Crippen LogP contribution in [0.5, 0.6) is 5.75 Å². The van der Waals surface area contributed by atoms with Crippen molar-refractivity contribution in [3.05, 3.63) is 30.1 Å². The maximum absolute atomic E-state index is 12.7. The van der Waals surface area contributed by atoms with Crippen LogP contribution >= 0.6 is 11.8 Å². The number of carbonyl (C=O) groups is 1. The molecular weight excluding hydrogens is 345 g/mol. The van der Waals surface area contributed by atoms with Crippen LogP contribution in [-0.2, 0) is 18.0 Å². The molecule has 0 spiro atoms. The standard InChI is InChI=1S/C14H15F3N4O2S/c1-8(11(22)18-9-4-6-10(23-3)7-5-9)24-13-20-19-12(21(13)2)14(15,16)17/h4-8H,1-3H3,(H,18,22)/t8-/m1/s1. The number of carbonyl (C=O) groups excluding carboxylic acids is 1. The lowest BCUT2D eigenvalue weighted by atomic mass is 10.3. The van der Waals surface area contributed by atoms with Crippen LogP contribution in [0.4, 0.5) is 18.9 Å². The van der Waals surface area contributed by atoms with E-state index in [-0.39, 0.29) is 11.1 Å². The Morgan fingerprint density at radius 2 is 1.92 bits per heavy atom. The maximum atomic E-state index is 12.7. The highest BCUT2D eigenvalue weighted by atomic mass is 32.2. The van der Waals surface area contributed by atoms with Crippen LogP contribution < -0.4 is 10.1 Å². The van der Waals surface area contributed by atoms with Crippen LogP contribution in [0, 0.1) is 0 Å².